The van der Waals surface area contributed by atoms with Gasteiger partial charge in [0.15, 0.2) is 12.4 Å². The molecule has 2 aliphatic rings. The van der Waals surface area contributed by atoms with Crippen LogP contribution in [0.5, 0.6) is 0 Å². The molecular weight excluding hydrogens is 374 g/mol. The van der Waals surface area contributed by atoms with E-state index in [0.29, 0.717) is 0 Å². The molecule has 0 saturated carbocycles. The number of nitrogens with one attached hydrogen (secondary N) is 1. The molecule has 2 fully saturated rings. The Kier molecular flexibility index (Phi) is 7.84. The van der Waals surface area contributed by atoms with Crippen molar-refractivity contribution in [2.45, 2.75) is 68.3 Å². The maximum atomic E-state index is 10.4. The highest BCUT2D eigenvalue weighted by Crippen LogP contribution is 2.27. The molecule has 0 aromatic carbocycles. The molecule has 9 N–H and O–H groups in total. The van der Waals surface area contributed by atoms with Gasteiger partial charge in [0.1, 0.15) is 36.6 Å². The van der Waals surface area contributed by atoms with E-state index in [0.717, 1.165) is 0 Å². The van der Waals surface area contributed by atoms with Crippen molar-refractivity contribution in [1.29, 1.82) is 0 Å². The average Bonchev–Trinajstić information content (AvgIpc) is 2.66. The summed E-state index contributed by atoms with van der Waals surface area (Å²) in [6.45, 7) is -0.0587. The summed E-state index contributed by atoms with van der Waals surface area (Å²) in [6, 6.07) is -1.25. The van der Waals surface area contributed by atoms with Gasteiger partial charge in [0, 0.05) is 0 Å². The first-order chi connectivity index (χ1) is 12.7. The van der Waals surface area contributed by atoms with Crippen LogP contribution in [0.25, 0.3) is 0 Å². The van der Waals surface area contributed by atoms with Gasteiger partial charge in [0.2, 0.25) is 12.3 Å². The van der Waals surface area contributed by atoms with Crippen LogP contribution in [0.4, 0.5) is 0 Å². The molecule has 0 unspecified atom stereocenters. The van der Waals surface area contributed by atoms with Crippen molar-refractivity contribution < 1.29 is 65.1 Å². The Morgan fingerprint density at radius 3 is 2.04 bits per heavy atom. The van der Waals surface area contributed by atoms with E-state index in [1.165, 1.54) is 6.92 Å². The zero-order valence-corrected chi connectivity index (χ0v) is 14.4. The standard InChI is InChI=1S/C14H25NO12/c1-4(27-23)15-7-12(9(19)6(3-17)24-13(7)22)26-14-11(21)10(20)8(18)5(2-16)25-14/h5-14,16-23H,2-3H2,1H3/p+1/t5-,6-,7-,8+,9+,10+,11-,12-,13-,14+/m1/s1. The Hall–Kier alpha value is -0.970. The third-order valence-electron chi connectivity index (χ3n) is 4.52. The third-order valence-corrected chi connectivity index (χ3v) is 4.52. The van der Waals surface area contributed by atoms with Gasteiger partial charge >= 0.3 is 5.90 Å². The van der Waals surface area contributed by atoms with Crippen LogP contribution in [0.1, 0.15) is 6.92 Å². The van der Waals surface area contributed by atoms with Gasteiger partial charge in [0.05, 0.1) is 20.1 Å². The van der Waals surface area contributed by atoms with Crippen molar-refractivity contribution in [3.63, 3.8) is 0 Å². The predicted octanol–water partition coefficient (Wildman–Crippen LogP) is -6.40. The lowest BCUT2D eigenvalue weighted by Gasteiger charge is -2.44. The van der Waals surface area contributed by atoms with E-state index < -0.39 is 74.6 Å². The van der Waals surface area contributed by atoms with Gasteiger partial charge in [-0.1, -0.05) is 0 Å². The lowest BCUT2D eigenvalue weighted by molar-refractivity contribution is -0.577. The molecule has 2 saturated heterocycles. The SMILES string of the molecule is CC(=[NH+][C@@H]1[C@@H](O[C@@H]2O[C@H](CO)[C@H](O)[C@H](O)[C@H]2O)[C@@H](O)[C@@H](CO)O[C@H]1O)OO. The van der Waals surface area contributed by atoms with Crippen LogP contribution >= 0.6 is 0 Å². The van der Waals surface area contributed by atoms with Crippen molar-refractivity contribution in [3.8, 4) is 0 Å². The van der Waals surface area contributed by atoms with Gasteiger partial charge in [-0.25, -0.2) is 4.99 Å². The second kappa shape index (κ2) is 9.49. The smallest absolute Gasteiger partial charge is 0.365 e. The molecule has 0 amide bonds. The maximum absolute atomic E-state index is 10.4. The summed E-state index contributed by atoms with van der Waals surface area (Å²) in [5.74, 6) is -0.181. The fraction of sp³-hybridized carbons (Fsp3) is 0.929. The lowest BCUT2D eigenvalue weighted by atomic mass is 9.96. The molecule has 2 aliphatic heterocycles. The topological polar surface area (TPSA) is 213 Å². The summed E-state index contributed by atoms with van der Waals surface area (Å²) >= 11 is 0. The van der Waals surface area contributed by atoms with Crippen LogP contribution in [0.3, 0.4) is 0 Å². The largest absolute Gasteiger partial charge is 0.394 e. The number of aliphatic hydroxyl groups excluding tert-OH is 7. The van der Waals surface area contributed by atoms with Crippen LogP contribution < -0.4 is 4.99 Å². The first kappa shape index (κ1) is 22.3. The molecule has 158 valence electrons. The first-order valence-electron chi connectivity index (χ1n) is 8.25. The molecule has 0 spiro atoms. The highest BCUT2D eigenvalue weighted by atomic mass is 17.1. The summed E-state index contributed by atoms with van der Waals surface area (Å²) < 4.78 is 15.8. The van der Waals surface area contributed by atoms with Crippen molar-refractivity contribution in [2.75, 3.05) is 13.2 Å². The van der Waals surface area contributed by atoms with Gasteiger partial charge in [0.25, 0.3) is 0 Å². The van der Waals surface area contributed by atoms with Crippen LogP contribution in [0.2, 0.25) is 0 Å². The molecule has 0 aromatic rings. The molecule has 2 rings (SSSR count). The molecule has 2 heterocycles. The van der Waals surface area contributed by atoms with Crippen molar-refractivity contribution in [2.24, 2.45) is 0 Å². The molecule has 0 radical (unpaired) electrons. The lowest BCUT2D eigenvalue weighted by Crippen LogP contribution is -2.89. The molecule has 0 aliphatic carbocycles. The fourth-order valence-electron chi connectivity index (χ4n) is 3.00. The maximum Gasteiger partial charge on any atom is 0.365 e. The Bertz CT molecular complexity index is 504. The van der Waals surface area contributed by atoms with Gasteiger partial charge in [-0.3, -0.25) is 4.89 Å². The predicted molar refractivity (Wildman–Crippen MR) is 81.8 cm³/mol. The first-order valence-corrected chi connectivity index (χ1v) is 8.25. The van der Waals surface area contributed by atoms with Crippen molar-refractivity contribution >= 4 is 5.90 Å². The highest BCUT2D eigenvalue weighted by Gasteiger charge is 2.53. The normalized spacial score (nSPS) is 46.3. The van der Waals surface area contributed by atoms with E-state index in [9.17, 15) is 35.7 Å². The van der Waals surface area contributed by atoms with Crippen molar-refractivity contribution in [1.82, 2.24) is 0 Å². The monoisotopic (exact) mass is 400 g/mol. The van der Waals surface area contributed by atoms with Crippen LogP contribution in [-0.2, 0) is 19.1 Å². The van der Waals surface area contributed by atoms with E-state index in [1.54, 1.807) is 0 Å². The van der Waals surface area contributed by atoms with Crippen LogP contribution in [0.15, 0.2) is 0 Å². The molecule has 13 nitrogen and oxygen atoms in total. The Morgan fingerprint density at radius 1 is 0.889 bits per heavy atom. The summed E-state index contributed by atoms with van der Waals surface area (Å²) in [4.78, 5) is 6.48. The minimum absolute atomic E-state index is 0.181. The average molecular weight is 400 g/mol. The van der Waals surface area contributed by atoms with Gasteiger partial charge in [-0.15, -0.1) is 0 Å². The van der Waals surface area contributed by atoms with E-state index in [4.69, 9.17) is 19.5 Å². The van der Waals surface area contributed by atoms with Gasteiger partial charge < -0.3 is 50.0 Å². The van der Waals surface area contributed by atoms with Gasteiger partial charge in [-0.2, -0.15) is 5.26 Å². The molecule has 0 aromatic heterocycles. The Labute approximate surface area is 153 Å². The number of rotatable bonds is 5. The Balaban J connectivity index is 2.26. The zero-order chi connectivity index (χ0) is 20.3. The van der Waals surface area contributed by atoms with Crippen LogP contribution in [-0.4, -0.2) is 121 Å². The third kappa shape index (κ3) is 4.72. The number of hydrogen-bond donors (Lipinski definition) is 9. The molecule has 13 heteroatoms. The van der Waals surface area contributed by atoms with E-state index in [2.05, 4.69) is 9.88 Å². The zero-order valence-electron chi connectivity index (χ0n) is 14.4. The second-order valence-corrected chi connectivity index (χ2v) is 6.35. The molecule has 27 heavy (non-hydrogen) atoms. The van der Waals surface area contributed by atoms with E-state index >= 15 is 0 Å². The molecule has 10 atom stereocenters. The van der Waals surface area contributed by atoms with Gasteiger partial charge in [-0.05, 0) is 0 Å². The molecule has 0 bridgehead atoms. The number of hydrogen-bond acceptors (Lipinski definition) is 12. The summed E-state index contributed by atoms with van der Waals surface area (Å²) in [7, 11) is 0. The highest BCUT2D eigenvalue weighted by molar-refractivity contribution is 5.65. The van der Waals surface area contributed by atoms with Crippen molar-refractivity contribution in [3.05, 3.63) is 0 Å². The Morgan fingerprint density at radius 2 is 1.48 bits per heavy atom. The minimum Gasteiger partial charge on any atom is -0.394 e. The molecular formula is C14H26NO12+. The quantitative estimate of drug-likeness (QED) is 0.0912. The van der Waals surface area contributed by atoms with E-state index in [1.807, 2.05) is 0 Å². The fourth-order valence-corrected chi connectivity index (χ4v) is 3.00. The minimum atomic E-state index is -1.75. The van der Waals surface area contributed by atoms with Crippen LogP contribution in [0, 0.1) is 0 Å². The summed E-state index contributed by atoms with van der Waals surface area (Å²) in [6.07, 6.45) is -13.7. The van der Waals surface area contributed by atoms with E-state index in [-0.39, 0.29) is 5.90 Å². The second-order valence-electron chi connectivity index (χ2n) is 6.35. The number of ether oxygens (including phenoxy) is 3. The summed E-state index contributed by atoms with van der Waals surface area (Å²) in [5.41, 5.74) is 0. The number of aliphatic hydroxyl groups is 7. The summed E-state index contributed by atoms with van der Waals surface area (Å²) in [5, 5.41) is 77.4.